The van der Waals surface area contributed by atoms with Crippen molar-refractivity contribution in [1.82, 2.24) is 10.6 Å². The molecule has 0 aliphatic heterocycles. The SMILES string of the molecule is CCNC(=NC)NCc1ccccc1OC(F)(F)F. The molecule has 0 spiro atoms. The molecule has 1 aromatic carbocycles. The van der Waals surface area contributed by atoms with E-state index in [-0.39, 0.29) is 12.3 Å². The van der Waals surface area contributed by atoms with Crippen molar-refractivity contribution >= 4 is 5.96 Å². The summed E-state index contributed by atoms with van der Waals surface area (Å²) in [5, 5.41) is 5.85. The molecule has 1 aromatic rings. The summed E-state index contributed by atoms with van der Waals surface area (Å²) in [7, 11) is 1.59. The maximum Gasteiger partial charge on any atom is 0.573 e. The summed E-state index contributed by atoms with van der Waals surface area (Å²) in [6.07, 6.45) is -4.69. The summed E-state index contributed by atoms with van der Waals surface area (Å²) in [6.45, 7) is 2.75. The van der Waals surface area contributed by atoms with Gasteiger partial charge in [-0.05, 0) is 13.0 Å². The zero-order valence-corrected chi connectivity index (χ0v) is 10.7. The minimum atomic E-state index is -4.69. The number of aliphatic imine (C=N–C) groups is 1. The van der Waals surface area contributed by atoms with E-state index in [1.165, 1.54) is 12.1 Å². The molecule has 4 nitrogen and oxygen atoms in total. The molecule has 0 radical (unpaired) electrons. The standard InChI is InChI=1S/C12H16F3N3O/c1-3-17-11(16-2)18-8-9-6-4-5-7-10(9)19-12(13,14)15/h4-7H,3,8H2,1-2H3,(H2,16,17,18). The molecular weight excluding hydrogens is 259 g/mol. The Bertz CT molecular complexity index is 432. The number of hydrogen-bond donors (Lipinski definition) is 2. The summed E-state index contributed by atoms with van der Waals surface area (Å²) in [4.78, 5) is 3.93. The third-order valence-corrected chi connectivity index (χ3v) is 2.21. The number of hydrogen-bond acceptors (Lipinski definition) is 2. The van der Waals surface area contributed by atoms with Crippen molar-refractivity contribution in [2.24, 2.45) is 4.99 Å². The predicted molar refractivity (Wildman–Crippen MR) is 67.0 cm³/mol. The highest BCUT2D eigenvalue weighted by Crippen LogP contribution is 2.25. The lowest BCUT2D eigenvalue weighted by atomic mass is 10.2. The Kier molecular flexibility index (Phi) is 5.47. The Morgan fingerprint density at radius 1 is 1.26 bits per heavy atom. The summed E-state index contributed by atoms with van der Waals surface area (Å²) in [5.74, 6) is 0.304. The van der Waals surface area contributed by atoms with Crippen LogP contribution in [0.25, 0.3) is 0 Å². The molecule has 2 N–H and O–H groups in total. The second kappa shape index (κ2) is 6.86. The first kappa shape index (κ1) is 15.1. The van der Waals surface area contributed by atoms with Gasteiger partial charge < -0.3 is 15.4 Å². The molecular formula is C12H16F3N3O. The first-order chi connectivity index (χ1) is 8.96. The minimum Gasteiger partial charge on any atom is -0.405 e. The topological polar surface area (TPSA) is 45.7 Å². The van der Waals surface area contributed by atoms with Gasteiger partial charge in [0.1, 0.15) is 5.75 Å². The zero-order valence-electron chi connectivity index (χ0n) is 10.7. The maximum atomic E-state index is 12.2. The highest BCUT2D eigenvalue weighted by atomic mass is 19.4. The number of halogens is 3. The van der Waals surface area contributed by atoms with Crippen LogP contribution >= 0.6 is 0 Å². The summed E-state index contributed by atoms with van der Waals surface area (Å²) < 4.78 is 40.6. The fraction of sp³-hybridized carbons (Fsp3) is 0.417. The van der Waals surface area contributed by atoms with E-state index in [1.807, 2.05) is 6.92 Å². The average molecular weight is 275 g/mol. The fourth-order valence-electron chi connectivity index (χ4n) is 1.44. The summed E-state index contributed by atoms with van der Waals surface area (Å²) >= 11 is 0. The van der Waals surface area contributed by atoms with E-state index < -0.39 is 6.36 Å². The molecule has 0 unspecified atom stereocenters. The molecule has 0 saturated heterocycles. The van der Waals surface area contributed by atoms with Crippen LogP contribution in [0.3, 0.4) is 0 Å². The Hall–Kier alpha value is -1.92. The van der Waals surface area contributed by atoms with Crippen LogP contribution in [0, 0.1) is 0 Å². The van der Waals surface area contributed by atoms with Crippen LogP contribution in [0.15, 0.2) is 29.3 Å². The molecule has 19 heavy (non-hydrogen) atoms. The molecule has 0 heterocycles. The Morgan fingerprint density at radius 2 is 1.95 bits per heavy atom. The normalized spacial score (nSPS) is 12.2. The van der Waals surface area contributed by atoms with Gasteiger partial charge in [0.2, 0.25) is 0 Å². The summed E-state index contributed by atoms with van der Waals surface area (Å²) in [5.41, 5.74) is 0.402. The zero-order chi connectivity index (χ0) is 14.3. The van der Waals surface area contributed by atoms with E-state index in [0.29, 0.717) is 18.1 Å². The van der Waals surface area contributed by atoms with E-state index in [1.54, 1.807) is 19.2 Å². The van der Waals surface area contributed by atoms with Gasteiger partial charge in [0, 0.05) is 25.7 Å². The predicted octanol–water partition coefficient (Wildman–Crippen LogP) is 2.27. The molecule has 0 atom stereocenters. The van der Waals surface area contributed by atoms with Crippen molar-refractivity contribution in [3.63, 3.8) is 0 Å². The molecule has 0 aliphatic rings. The number of guanidine groups is 1. The maximum absolute atomic E-state index is 12.2. The third-order valence-electron chi connectivity index (χ3n) is 2.21. The van der Waals surface area contributed by atoms with E-state index in [2.05, 4.69) is 20.4 Å². The van der Waals surface area contributed by atoms with Crippen LogP contribution in [0.4, 0.5) is 13.2 Å². The van der Waals surface area contributed by atoms with Gasteiger partial charge in [0.05, 0.1) is 0 Å². The number of nitrogens with zero attached hydrogens (tertiary/aromatic N) is 1. The quantitative estimate of drug-likeness (QED) is 0.654. The third kappa shape index (κ3) is 5.50. The lowest BCUT2D eigenvalue weighted by Crippen LogP contribution is -2.36. The Balaban J connectivity index is 2.73. The van der Waals surface area contributed by atoms with Crippen molar-refractivity contribution in [3.05, 3.63) is 29.8 Å². The van der Waals surface area contributed by atoms with E-state index in [4.69, 9.17) is 0 Å². The highest BCUT2D eigenvalue weighted by molar-refractivity contribution is 5.79. The molecule has 1 rings (SSSR count). The smallest absolute Gasteiger partial charge is 0.405 e. The van der Waals surface area contributed by atoms with Crippen LogP contribution < -0.4 is 15.4 Å². The second-order valence-electron chi connectivity index (χ2n) is 3.61. The van der Waals surface area contributed by atoms with Gasteiger partial charge >= 0.3 is 6.36 Å². The molecule has 7 heteroatoms. The number of alkyl halides is 3. The average Bonchev–Trinajstić information content (AvgIpc) is 2.34. The van der Waals surface area contributed by atoms with Gasteiger partial charge in [-0.25, -0.2) is 0 Å². The van der Waals surface area contributed by atoms with Crippen molar-refractivity contribution in [1.29, 1.82) is 0 Å². The van der Waals surface area contributed by atoms with Crippen LogP contribution in [-0.4, -0.2) is 25.9 Å². The van der Waals surface area contributed by atoms with E-state index >= 15 is 0 Å². The van der Waals surface area contributed by atoms with E-state index in [0.717, 1.165) is 0 Å². The molecule has 0 fully saturated rings. The Morgan fingerprint density at radius 3 is 2.53 bits per heavy atom. The van der Waals surface area contributed by atoms with Crippen LogP contribution in [0.2, 0.25) is 0 Å². The molecule has 0 bridgehead atoms. The molecule has 106 valence electrons. The van der Waals surface area contributed by atoms with Gasteiger partial charge in [0.15, 0.2) is 5.96 Å². The van der Waals surface area contributed by atoms with Crippen molar-refractivity contribution in [2.75, 3.05) is 13.6 Å². The van der Waals surface area contributed by atoms with Crippen LogP contribution in [0.5, 0.6) is 5.75 Å². The van der Waals surface area contributed by atoms with Crippen LogP contribution in [0.1, 0.15) is 12.5 Å². The molecule has 0 amide bonds. The van der Waals surface area contributed by atoms with Gasteiger partial charge in [-0.1, -0.05) is 18.2 Å². The van der Waals surface area contributed by atoms with Gasteiger partial charge in [0.25, 0.3) is 0 Å². The number of rotatable bonds is 4. The van der Waals surface area contributed by atoms with Crippen molar-refractivity contribution in [2.45, 2.75) is 19.8 Å². The lowest BCUT2D eigenvalue weighted by Gasteiger charge is -2.15. The number of nitrogens with one attached hydrogen (secondary N) is 2. The number of ether oxygens (including phenoxy) is 1. The van der Waals surface area contributed by atoms with Crippen molar-refractivity contribution < 1.29 is 17.9 Å². The van der Waals surface area contributed by atoms with E-state index in [9.17, 15) is 13.2 Å². The molecule has 0 aromatic heterocycles. The van der Waals surface area contributed by atoms with Crippen molar-refractivity contribution in [3.8, 4) is 5.75 Å². The minimum absolute atomic E-state index is 0.186. The lowest BCUT2D eigenvalue weighted by molar-refractivity contribution is -0.274. The fourth-order valence-corrected chi connectivity index (χ4v) is 1.44. The Labute approximate surface area is 109 Å². The largest absolute Gasteiger partial charge is 0.573 e. The summed E-state index contributed by atoms with van der Waals surface area (Å²) in [6, 6.07) is 5.98. The van der Waals surface area contributed by atoms with Crippen LogP contribution in [-0.2, 0) is 6.54 Å². The van der Waals surface area contributed by atoms with Gasteiger partial charge in [-0.3, -0.25) is 4.99 Å². The van der Waals surface area contributed by atoms with Gasteiger partial charge in [-0.15, -0.1) is 13.2 Å². The highest BCUT2D eigenvalue weighted by Gasteiger charge is 2.31. The molecule has 0 aliphatic carbocycles. The first-order valence-corrected chi connectivity index (χ1v) is 5.74. The number of benzene rings is 1. The monoisotopic (exact) mass is 275 g/mol. The number of para-hydroxylation sites is 1. The first-order valence-electron chi connectivity index (χ1n) is 5.74. The molecule has 0 saturated carbocycles. The second-order valence-corrected chi connectivity index (χ2v) is 3.61. The van der Waals surface area contributed by atoms with Gasteiger partial charge in [-0.2, -0.15) is 0 Å².